The molecule has 2 aromatic carbocycles. The van der Waals surface area contributed by atoms with Crippen LogP contribution >= 0.6 is 0 Å². The van der Waals surface area contributed by atoms with Crippen LogP contribution in [0.5, 0.6) is 17.2 Å². The van der Waals surface area contributed by atoms with E-state index in [1.807, 2.05) is 0 Å². The van der Waals surface area contributed by atoms with Gasteiger partial charge in [0.05, 0.1) is 11.5 Å². The van der Waals surface area contributed by atoms with Crippen molar-refractivity contribution in [3.8, 4) is 28.6 Å². The van der Waals surface area contributed by atoms with Crippen molar-refractivity contribution >= 4 is 10.0 Å². The number of H-pyrrole nitrogens is 1. The number of benzene rings is 2. The molecular formula is C20H21N3O6S. The van der Waals surface area contributed by atoms with Crippen molar-refractivity contribution in [2.75, 3.05) is 13.7 Å². The lowest BCUT2D eigenvalue weighted by Gasteiger charge is -2.15. The highest BCUT2D eigenvalue weighted by atomic mass is 32.2. The van der Waals surface area contributed by atoms with Gasteiger partial charge in [-0.25, -0.2) is 18.1 Å². The fraction of sp³-hybridized carbons (Fsp3) is 0.200. The quantitative estimate of drug-likeness (QED) is 0.496. The Balaban J connectivity index is 1.96. The van der Waals surface area contributed by atoms with E-state index in [0.717, 1.165) is 0 Å². The minimum atomic E-state index is -3.55. The standard InChI is InChI=1S/C20H21N3O6S/c1-13(12-24)28-16-9-14(20-22-8-7-19(25)23-20)10-17(11-16)29-15-3-5-18(6-4-15)30(26,27)21-2/h3-11,13,21,24H,12H2,1-2H3,(H,22,23,25)/t13-/m0/s1. The first-order valence-electron chi connectivity index (χ1n) is 9.00. The van der Waals surface area contributed by atoms with Gasteiger partial charge < -0.3 is 19.6 Å². The zero-order valence-corrected chi connectivity index (χ0v) is 17.1. The maximum absolute atomic E-state index is 11.9. The minimum absolute atomic E-state index is 0.109. The van der Waals surface area contributed by atoms with E-state index in [1.54, 1.807) is 25.1 Å². The summed E-state index contributed by atoms with van der Waals surface area (Å²) in [6.45, 7) is 1.53. The van der Waals surface area contributed by atoms with Crippen molar-refractivity contribution < 1.29 is 23.0 Å². The largest absolute Gasteiger partial charge is 0.488 e. The first-order chi connectivity index (χ1) is 14.3. The molecule has 0 aliphatic rings. The summed E-state index contributed by atoms with van der Waals surface area (Å²) in [6.07, 6.45) is 0.932. The first kappa shape index (κ1) is 21.5. The molecule has 1 atom stereocenters. The van der Waals surface area contributed by atoms with Crippen LogP contribution in [0.3, 0.4) is 0 Å². The summed E-state index contributed by atoms with van der Waals surface area (Å²) in [5, 5.41) is 9.27. The van der Waals surface area contributed by atoms with Gasteiger partial charge in [-0.3, -0.25) is 4.79 Å². The van der Waals surface area contributed by atoms with E-state index in [1.165, 1.54) is 43.6 Å². The highest BCUT2D eigenvalue weighted by Crippen LogP contribution is 2.31. The second-order valence-electron chi connectivity index (χ2n) is 6.37. The third-order valence-electron chi connectivity index (χ3n) is 4.06. The number of nitrogens with one attached hydrogen (secondary N) is 2. The average Bonchev–Trinajstić information content (AvgIpc) is 2.74. The van der Waals surface area contributed by atoms with Crippen molar-refractivity contribution in [3.05, 3.63) is 65.1 Å². The molecular weight excluding hydrogens is 410 g/mol. The van der Waals surface area contributed by atoms with Crippen LogP contribution in [0.25, 0.3) is 11.4 Å². The molecule has 158 valence electrons. The molecule has 10 heteroatoms. The molecule has 0 fully saturated rings. The summed E-state index contributed by atoms with van der Waals surface area (Å²) in [5.41, 5.74) is 0.235. The number of hydrogen-bond acceptors (Lipinski definition) is 7. The lowest BCUT2D eigenvalue weighted by atomic mass is 10.2. The molecule has 0 radical (unpaired) electrons. The van der Waals surface area contributed by atoms with Gasteiger partial charge in [0.1, 0.15) is 29.2 Å². The number of sulfonamides is 1. The van der Waals surface area contributed by atoms with Crippen LogP contribution in [0.15, 0.2) is 64.4 Å². The first-order valence-corrected chi connectivity index (χ1v) is 10.5. The molecule has 1 aromatic heterocycles. The predicted octanol–water partition coefficient (Wildman–Crippen LogP) is 1.90. The molecule has 0 aliphatic heterocycles. The molecule has 0 unspecified atom stereocenters. The van der Waals surface area contributed by atoms with Crippen LogP contribution in [0.2, 0.25) is 0 Å². The summed E-state index contributed by atoms with van der Waals surface area (Å²) >= 11 is 0. The zero-order chi connectivity index (χ0) is 21.7. The van der Waals surface area contributed by atoms with Gasteiger partial charge in [0, 0.05) is 23.9 Å². The van der Waals surface area contributed by atoms with Gasteiger partial charge in [-0.15, -0.1) is 0 Å². The lowest BCUT2D eigenvalue weighted by molar-refractivity contribution is 0.129. The molecule has 0 aliphatic carbocycles. The summed E-state index contributed by atoms with van der Waals surface area (Å²) in [4.78, 5) is 18.5. The molecule has 0 spiro atoms. The van der Waals surface area contributed by atoms with Crippen LogP contribution in [0.4, 0.5) is 0 Å². The van der Waals surface area contributed by atoms with E-state index in [9.17, 15) is 18.3 Å². The second-order valence-corrected chi connectivity index (χ2v) is 8.25. The normalized spacial score (nSPS) is 12.4. The number of nitrogens with zero attached hydrogens (tertiary/aromatic N) is 1. The molecule has 0 saturated heterocycles. The van der Waals surface area contributed by atoms with Crippen molar-refractivity contribution in [2.24, 2.45) is 0 Å². The number of aromatic nitrogens is 2. The Morgan fingerprint density at radius 2 is 1.80 bits per heavy atom. The number of aliphatic hydroxyl groups is 1. The van der Waals surface area contributed by atoms with Gasteiger partial charge >= 0.3 is 0 Å². The van der Waals surface area contributed by atoms with Gasteiger partial charge in [-0.05, 0) is 50.4 Å². The van der Waals surface area contributed by atoms with Crippen LogP contribution in [0, 0.1) is 0 Å². The summed E-state index contributed by atoms with van der Waals surface area (Å²) in [5.74, 6) is 1.51. The smallest absolute Gasteiger partial charge is 0.251 e. The minimum Gasteiger partial charge on any atom is -0.488 e. The highest BCUT2D eigenvalue weighted by molar-refractivity contribution is 7.89. The topological polar surface area (TPSA) is 131 Å². The van der Waals surface area contributed by atoms with Gasteiger partial charge in [0.25, 0.3) is 5.56 Å². The van der Waals surface area contributed by atoms with Crippen molar-refractivity contribution in [2.45, 2.75) is 17.9 Å². The number of aliphatic hydroxyl groups excluding tert-OH is 1. The molecule has 30 heavy (non-hydrogen) atoms. The third-order valence-corrected chi connectivity index (χ3v) is 5.49. The van der Waals surface area contributed by atoms with Gasteiger partial charge in [0.15, 0.2) is 0 Å². The van der Waals surface area contributed by atoms with E-state index in [0.29, 0.717) is 28.6 Å². The van der Waals surface area contributed by atoms with Crippen LogP contribution in [-0.2, 0) is 10.0 Å². The van der Waals surface area contributed by atoms with E-state index < -0.39 is 16.1 Å². The number of rotatable bonds is 8. The van der Waals surface area contributed by atoms with E-state index >= 15 is 0 Å². The van der Waals surface area contributed by atoms with E-state index in [-0.39, 0.29) is 17.1 Å². The molecule has 0 bridgehead atoms. The molecule has 3 rings (SSSR count). The fourth-order valence-electron chi connectivity index (χ4n) is 2.56. The Labute approximate surface area is 173 Å². The Bertz CT molecular complexity index is 1180. The van der Waals surface area contributed by atoms with Crippen molar-refractivity contribution in [1.29, 1.82) is 0 Å². The Morgan fingerprint density at radius 3 is 2.43 bits per heavy atom. The maximum Gasteiger partial charge on any atom is 0.251 e. The maximum atomic E-state index is 11.9. The second kappa shape index (κ2) is 9.08. The lowest BCUT2D eigenvalue weighted by Crippen LogP contribution is -2.18. The third kappa shape index (κ3) is 5.23. The SMILES string of the molecule is CNS(=O)(=O)c1ccc(Oc2cc(O[C@@H](C)CO)cc(-c3nccc(=O)[nH]3)c2)cc1. The Morgan fingerprint density at radius 1 is 1.10 bits per heavy atom. The monoisotopic (exact) mass is 431 g/mol. The van der Waals surface area contributed by atoms with Crippen LogP contribution in [0.1, 0.15) is 6.92 Å². The van der Waals surface area contributed by atoms with Gasteiger partial charge in [0.2, 0.25) is 10.0 Å². The average molecular weight is 431 g/mol. The molecule has 3 N–H and O–H groups in total. The van der Waals surface area contributed by atoms with Gasteiger partial charge in [-0.2, -0.15) is 0 Å². The molecule has 1 heterocycles. The fourth-order valence-corrected chi connectivity index (χ4v) is 3.29. The Kier molecular flexibility index (Phi) is 6.50. The van der Waals surface area contributed by atoms with Crippen LogP contribution in [-0.4, -0.2) is 43.3 Å². The van der Waals surface area contributed by atoms with Crippen LogP contribution < -0.4 is 19.8 Å². The summed E-state index contributed by atoms with van der Waals surface area (Å²) in [6, 6.07) is 12.1. The molecule has 0 amide bonds. The Hall–Kier alpha value is -3.21. The van der Waals surface area contributed by atoms with Crippen molar-refractivity contribution in [3.63, 3.8) is 0 Å². The summed E-state index contributed by atoms with van der Waals surface area (Å²) in [7, 11) is -2.21. The number of aromatic amines is 1. The van der Waals surface area contributed by atoms with Gasteiger partial charge in [-0.1, -0.05) is 0 Å². The molecule has 3 aromatic rings. The van der Waals surface area contributed by atoms with E-state index in [2.05, 4.69) is 14.7 Å². The number of ether oxygens (including phenoxy) is 2. The zero-order valence-electron chi connectivity index (χ0n) is 16.3. The molecule has 9 nitrogen and oxygen atoms in total. The highest BCUT2D eigenvalue weighted by Gasteiger charge is 2.13. The summed E-state index contributed by atoms with van der Waals surface area (Å²) < 4.78 is 37.5. The van der Waals surface area contributed by atoms with E-state index in [4.69, 9.17) is 9.47 Å². The van der Waals surface area contributed by atoms with Crippen molar-refractivity contribution in [1.82, 2.24) is 14.7 Å². The molecule has 0 saturated carbocycles. The number of hydrogen-bond donors (Lipinski definition) is 3. The predicted molar refractivity (Wildman–Crippen MR) is 110 cm³/mol.